The maximum Gasteiger partial charge on any atom is 0.338 e. The first kappa shape index (κ1) is 19.0. The Hall–Kier alpha value is -2.73. The number of ether oxygens (including phenoxy) is 3. The van der Waals surface area contributed by atoms with E-state index in [9.17, 15) is 9.59 Å². The van der Waals surface area contributed by atoms with Crippen molar-refractivity contribution in [3.8, 4) is 11.5 Å². The van der Waals surface area contributed by atoms with Crippen LogP contribution in [0.2, 0.25) is 5.02 Å². The molecule has 0 aromatic heterocycles. The average Bonchev–Trinajstić information content (AvgIpc) is 3.11. The maximum absolute atomic E-state index is 12.3. The molecule has 6 nitrogen and oxygen atoms in total. The fourth-order valence-corrected chi connectivity index (χ4v) is 3.02. The third-order valence-corrected chi connectivity index (χ3v) is 4.51. The molecular formula is C20H20ClNO5. The minimum atomic E-state index is -0.488. The Morgan fingerprint density at radius 3 is 2.52 bits per heavy atom. The Balaban J connectivity index is 1.54. The van der Waals surface area contributed by atoms with E-state index >= 15 is 0 Å². The van der Waals surface area contributed by atoms with Gasteiger partial charge in [-0.3, -0.25) is 4.79 Å². The van der Waals surface area contributed by atoms with Crippen LogP contribution in [-0.2, 0) is 9.53 Å². The molecule has 2 aromatic rings. The van der Waals surface area contributed by atoms with Crippen LogP contribution in [0.4, 0.5) is 5.69 Å². The van der Waals surface area contributed by atoms with Crippen molar-refractivity contribution in [1.82, 2.24) is 0 Å². The Bertz CT molecular complexity index is 822. The summed E-state index contributed by atoms with van der Waals surface area (Å²) in [6.07, 6.45) is 1.28. The Morgan fingerprint density at radius 2 is 1.85 bits per heavy atom. The van der Waals surface area contributed by atoms with Gasteiger partial charge in [-0.25, -0.2) is 4.79 Å². The third kappa shape index (κ3) is 4.71. The minimum Gasteiger partial charge on any atom is -0.497 e. The fourth-order valence-electron chi connectivity index (χ4n) is 2.80. The monoisotopic (exact) mass is 389 g/mol. The van der Waals surface area contributed by atoms with E-state index in [0.29, 0.717) is 35.0 Å². The lowest BCUT2D eigenvalue weighted by atomic mass is 10.2. The highest BCUT2D eigenvalue weighted by molar-refractivity contribution is 6.34. The molecule has 0 spiro atoms. The lowest BCUT2D eigenvalue weighted by Gasteiger charge is -2.18. The number of nitrogens with zero attached hydrogens (tertiary/aromatic N) is 1. The van der Waals surface area contributed by atoms with E-state index in [2.05, 4.69) is 0 Å². The van der Waals surface area contributed by atoms with Crippen molar-refractivity contribution in [2.45, 2.75) is 12.8 Å². The second kappa shape index (κ2) is 8.77. The zero-order chi connectivity index (χ0) is 19.2. The molecule has 0 bridgehead atoms. The normalized spacial score (nSPS) is 13.6. The fraction of sp³-hybridized carbons (Fsp3) is 0.300. The molecule has 1 aliphatic heterocycles. The van der Waals surface area contributed by atoms with Crippen molar-refractivity contribution < 1.29 is 23.8 Å². The second-order valence-corrected chi connectivity index (χ2v) is 6.38. The summed E-state index contributed by atoms with van der Waals surface area (Å²) in [5, 5.41) is 0.435. The quantitative estimate of drug-likeness (QED) is 0.533. The standard InChI is InChI=1S/C20H20ClNO5/c1-25-15-5-7-16(8-6-15)26-11-12-27-20(24)14-4-9-17(21)18(13-14)22-10-2-3-19(22)23/h4-9,13H,2-3,10-12H2,1H3. The highest BCUT2D eigenvalue weighted by Gasteiger charge is 2.24. The molecular weight excluding hydrogens is 370 g/mol. The molecule has 0 N–H and O–H groups in total. The molecule has 0 atom stereocenters. The summed E-state index contributed by atoms with van der Waals surface area (Å²) < 4.78 is 15.8. The third-order valence-electron chi connectivity index (χ3n) is 4.19. The van der Waals surface area contributed by atoms with Gasteiger partial charge >= 0.3 is 5.97 Å². The number of carbonyl (C=O) groups excluding carboxylic acids is 2. The number of halogens is 1. The molecule has 1 fully saturated rings. The van der Waals surface area contributed by atoms with Crippen LogP contribution >= 0.6 is 11.6 Å². The van der Waals surface area contributed by atoms with E-state index in [0.717, 1.165) is 12.2 Å². The first-order valence-electron chi connectivity index (χ1n) is 8.62. The van der Waals surface area contributed by atoms with E-state index in [4.69, 9.17) is 25.8 Å². The Labute approximate surface area is 162 Å². The van der Waals surface area contributed by atoms with Crippen LogP contribution in [0.5, 0.6) is 11.5 Å². The van der Waals surface area contributed by atoms with E-state index < -0.39 is 5.97 Å². The van der Waals surface area contributed by atoms with Crippen molar-refractivity contribution in [3.63, 3.8) is 0 Å². The summed E-state index contributed by atoms with van der Waals surface area (Å²) in [4.78, 5) is 25.8. The smallest absolute Gasteiger partial charge is 0.338 e. The SMILES string of the molecule is COc1ccc(OCCOC(=O)c2ccc(Cl)c(N3CCCC3=O)c2)cc1. The number of esters is 1. The number of amides is 1. The molecule has 0 saturated carbocycles. The summed E-state index contributed by atoms with van der Waals surface area (Å²) in [7, 11) is 1.59. The summed E-state index contributed by atoms with van der Waals surface area (Å²) in [5.74, 6) is 0.921. The largest absolute Gasteiger partial charge is 0.497 e. The van der Waals surface area contributed by atoms with Gasteiger partial charge < -0.3 is 19.1 Å². The van der Waals surface area contributed by atoms with Crippen molar-refractivity contribution >= 4 is 29.2 Å². The van der Waals surface area contributed by atoms with Gasteiger partial charge in [0.2, 0.25) is 5.91 Å². The van der Waals surface area contributed by atoms with E-state index in [-0.39, 0.29) is 19.1 Å². The van der Waals surface area contributed by atoms with Gasteiger partial charge in [0.1, 0.15) is 24.7 Å². The van der Waals surface area contributed by atoms with Crippen LogP contribution in [0.25, 0.3) is 0 Å². The maximum atomic E-state index is 12.3. The molecule has 142 valence electrons. The second-order valence-electron chi connectivity index (χ2n) is 5.98. The van der Waals surface area contributed by atoms with E-state index in [1.807, 2.05) is 0 Å². The topological polar surface area (TPSA) is 65.1 Å². The summed E-state index contributed by atoms with van der Waals surface area (Å²) >= 11 is 6.19. The number of anilines is 1. The molecule has 0 aliphatic carbocycles. The van der Waals surface area contributed by atoms with Crippen LogP contribution in [0.1, 0.15) is 23.2 Å². The van der Waals surface area contributed by atoms with Crippen LogP contribution in [0.15, 0.2) is 42.5 Å². The predicted molar refractivity (Wildman–Crippen MR) is 102 cm³/mol. The molecule has 2 aromatic carbocycles. The van der Waals surface area contributed by atoms with Crippen molar-refractivity contribution in [3.05, 3.63) is 53.1 Å². The number of hydrogen-bond acceptors (Lipinski definition) is 5. The Morgan fingerprint density at radius 1 is 1.11 bits per heavy atom. The van der Waals surface area contributed by atoms with Crippen LogP contribution < -0.4 is 14.4 Å². The predicted octanol–water partition coefficient (Wildman–Crippen LogP) is 3.71. The van der Waals surface area contributed by atoms with Gasteiger partial charge in [-0.05, 0) is 48.9 Å². The lowest BCUT2D eigenvalue weighted by molar-refractivity contribution is -0.117. The highest BCUT2D eigenvalue weighted by atomic mass is 35.5. The first-order valence-corrected chi connectivity index (χ1v) is 9.00. The van der Waals surface area contributed by atoms with Crippen LogP contribution in [0.3, 0.4) is 0 Å². The molecule has 1 aliphatic rings. The molecule has 1 heterocycles. The number of methoxy groups -OCH3 is 1. The lowest BCUT2D eigenvalue weighted by Crippen LogP contribution is -2.24. The molecule has 0 unspecified atom stereocenters. The van der Waals surface area contributed by atoms with Gasteiger partial charge in [0.05, 0.1) is 23.4 Å². The van der Waals surface area contributed by atoms with Crippen LogP contribution in [0, 0.1) is 0 Å². The first-order chi connectivity index (χ1) is 13.1. The Kier molecular flexibility index (Phi) is 6.19. The average molecular weight is 390 g/mol. The summed E-state index contributed by atoms with van der Waals surface area (Å²) in [6.45, 7) is 0.932. The molecule has 1 amide bonds. The van der Waals surface area contributed by atoms with Gasteiger partial charge in [-0.1, -0.05) is 11.6 Å². The highest BCUT2D eigenvalue weighted by Crippen LogP contribution is 2.30. The molecule has 3 rings (SSSR count). The number of rotatable bonds is 7. The van der Waals surface area contributed by atoms with E-state index in [1.165, 1.54) is 0 Å². The molecule has 27 heavy (non-hydrogen) atoms. The molecule has 7 heteroatoms. The van der Waals surface area contributed by atoms with Gasteiger partial charge in [0.15, 0.2) is 0 Å². The number of carbonyl (C=O) groups is 2. The van der Waals surface area contributed by atoms with E-state index in [1.54, 1.807) is 54.5 Å². The zero-order valence-corrected chi connectivity index (χ0v) is 15.7. The van der Waals surface area contributed by atoms with Gasteiger partial charge in [-0.2, -0.15) is 0 Å². The number of benzene rings is 2. The van der Waals surface area contributed by atoms with Gasteiger partial charge in [-0.15, -0.1) is 0 Å². The molecule has 0 radical (unpaired) electrons. The van der Waals surface area contributed by atoms with Gasteiger partial charge in [0.25, 0.3) is 0 Å². The van der Waals surface area contributed by atoms with Gasteiger partial charge in [0, 0.05) is 13.0 Å². The summed E-state index contributed by atoms with van der Waals surface area (Å²) in [5.41, 5.74) is 0.890. The van der Waals surface area contributed by atoms with Crippen LogP contribution in [-0.4, -0.2) is 38.7 Å². The minimum absolute atomic E-state index is 0.00955. The van der Waals surface area contributed by atoms with Crippen molar-refractivity contribution in [2.24, 2.45) is 0 Å². The van der Waals surface area contributed by atoms with Crippen molar-refractivity contribution in [1.29, 1.82) is 0 Å². The summed E-state index contributed by atoms with van der Waals surface area (Å²) in [6, 6.07) is 11.9. The van der Waals surface area contributed by atoms with Crippen molar-refractivity contribution in [2.75, 3.05) is 31.8 Å². The number of hydrogen-bond donors (Lipinski definition) is 0. The zero-order valence-electron chi connectivity index (χ0n) is 14.9. The molecule has 1 saturated heterocycles.